The monoisotopic (exact) mass is 256 g/mol. The van der Waals surface area contributed by atoms with E-state index in [9.17, 15) is 8.42 Å². The van der Waals surface area contributed by atoms with Gasteiger partial charge in [-0.15, -0.1) is 0 Å². The summed E-state index contributed by atoms with van der Waals surface area (Å²) in [7, 11) is -3.22. The van der Waals surface area contributed by atoms with Crippen molar-refractivity contribution in [1.29, 1.82) is 0 Å². The highest BCUT2D eigenvalue weighted by molar-refractivity contribution is 7.89. The van der Waals surface area contributed by atoms with Crippen molar-refractivity contribution in [3.8, 4) is 0 Å². The lowest BCUT2D eigenvalue weighted by Gasteiger charge is -2.15. The van der Waals surface area contributed by atoms with E-state index >= 15 is 0 Å². The van der Waals surface area contributed by atoms with Gasteiger partial charge in [-0.25, -0.2) is 13.1 Å². The fourth-order valence-corrected chi connectivity index (χ4v) is 3.26. The van der Waals surface area contributed by atoms with Crippen molar-refractivity contribution in [2.45, 2.75) is 26.8 Å². The Bertz CT molecular complexity index is 452. The van der Waals surface area contributed by atoms with Gasteiger partial charge in [0.15, 0.2) is 0 Å². The predicted molar refractivity (Wildman–Crippen MR) is 71.0 cm³/mol. The first kappa shape index (κ1) is 14.0. The van der Waals surface area contributed by atoms with Crippen LogP contribution in [0.25, 0.3) is 0 Å². The van der Waals surface area contributed by atoms with Crippen LogP contribution in [-0.4, -0.2) is 14.2 Å². The average molecular weight is 256 g/mol. The SMILES string of the molecule is CC(C)CS(=O)(=O)NC(C)c1ccc(N)cc1. The third-order valence-electron chi connectivity index (χ3n) is 2.35. The van der Waals surface area contributed by atoms with Crippen molar-refractivity contribution in [1.82, 2.24) is 4.72 Å². The minimum absolute atomic E-state index is 0.117. The quantitative estimate of drug-likeness (QED) is 0.790. The molecule has 0 spiro atoms. The van der Waals surface area contributed by atoms with E-state index in [1.807, 2.05) is 32.9 Å². The zero-order chi connectivity index (χ0) is 13.1. The third kappa shape index (κ3) is 4.75. The molecule has 5 heteroatoms. The lowest BCUT2D eigenvalue weighted by Crippen LogP contribution is -2.30. The number of hydrogen-bond acceptors (Lipinski definition) is 3. The predicted octanol–water partition coefficient (Wildman–Crippen LogP) is 1.91. The van der Waals surface area contributed by atoms with Crippen molar-refractivity contribution in [3.63, 3.8) is 0 Å². The molecule has 0 saturated carbocycles. The van der Waals surface area contributed by atoms with Crippen LogP contribution >= 0.6 is 0 Å². The van der Waals surface area contributed by atoms with Crippen molar-refractivity contribution in [2.24, 2.45) is 5.92 Å². The molecule has 1 aromatic carbocycles. The average Bonchev–Trinajstić information content (AvgIpc) is 2.15. The van der Waals surface area contributed by atoms with Crippen LogP contribution in [0.15, 0.2) is 24.3 Å². The molecular formula is C12H20N2O2S. The van der Waals surface area contributed by atoms with Gasteiger partial charge in [0.25, 0.3) is 0 Å². The van der Waals surface area contributed by atoms with E-state index in [0.29, 0.717) is 5.69 Å². The van der Waals surface area contributed by atoms with Gasteiger partial charge in [-0.05, 0) is 30.5 Å². The minimum atomic E-state index is -3.22. The Morgan fingerprint density at radius 3 is 2.18 bits per heavy atom. The molecular weight excluding hydrogens is 236 g/mol. The molecule has 0 radical (unpaired) electrons. The maximum atomic E-state index is 11.8. The Labute approximate surface area is 103 Å². The van der Waals surface area contributed by atoms with E-state index in [0.717, 1.165) is 5.56 Å². The zero-order valence-corrected chi connectivity index (χ0v) is 11.3. The molecule has 0 heterocycles. The standard InChI is InChI=1S/C12H20N2O2S/c1-9(2)8-17(15,16)14-10(3)11-4-6-12(13)7-5-11/h4-7,9-10,14H,8,13H2,1-3H3. The Morgan fingerprint density at radius 1 is 1.18 bits per heavy atom. The molecule has 0 aromatic heterocycles. The van der Waals surface area contributed by atoms with Crippen LogP contribution in [0, 0.1) is 5.92 Å². The smallest absolute Gasteiger partial charge is 0.212 e. The van der Waals surface area contributed by atoms with Gasteiger partial charge in [0.05, 0.1) is 5.75 Å². The first-order valence-corrected chi connectivity index (χ1v) is 7.31. The number of nitrogens with one attached hydrogen (secondary N) is 1. The topological polar surface area (TPSA) is 72.2 Å². The number of rotatable bonds is 5. The normalized spacial score (nSPS) is 13.9. The number of anilines is 1. The molecule has 0 saturated heterocycles. The van der Waals surface area contributed by atoms with Gasteiger partial charge in [-0.2, -0.15) is 0 Å². The van der Waals surface area contributed by atoms with Crippen molar-refractivity contribution >= 4 is 15.7 Å². The van der Waals surface area contributed by atoms with Crippen molar-refractivity contribution < 1.29 is 8.42 Å². The fraction of sp³-hybridized carbons (Fsp3) is 0.500. The summed E-state index contributed by atoms with van der Waals surface area (Å²) in [5.41, 5.74) is 7.16. The number of benzene rings is 1. The number of nitrogens with two attached hydrogens (primary N) is 1. The molecule has 3 N–H and O–H groups in total. The highest BCUT2D eigenvalue weighted by atomic mass is 32.2. The summed E-state index contributed by atoms with van der Waals surface area (Å²) >= 11 is 0. The lowest BCUT2D eigenvalue weighted by molar-refractivity contribution is 0.554. The van der Waals surface area contributed by atoms with E-state index in [1.165, 1.54) is 0 Å². The van der Waals surface area contributed by atoms with Gasteiger partial charge in [-0.3, -0.25) is 0 Å². The molecule has 0 amide bonds. The number of sulfonamides is 1. The van der Waals surface area contributed by atoms with Crippen LogP contribution in [-0.2, 0) is 10.0 Å². The lowest BCUT2D eigenvalue weighted by atomic mass is 10.1. The minimum Gasteiger partial charge on any atom is -0.399 e. The van der Waals surface area contributed by atoms with Gasteiger partial charge in [0, 0.05) is 11.7 Å². The summed E-state index contributed by atoms with van der Waals surface area (Å²) in [6.07, 6.45) is 0. The molecule has 17 heavy (non-hydrogen) atoms. The highest BCUT2D eigenvalue weighted by Crippen LogP contribution is 2.15. The Hall–Kier alpha value is -1.07. The largest absolute Gasteiger partial charge is 0.399 e. The summed E-state index contributed by atoms with van der Waals surface area (Å²) in [6.45, 7) is 5.59. The molecule has 0 bridgehead atoms. The Kier molecular flexibility index (Phi) is 4.54. The number of nitrogen functional groups attached to an aromatic ring is 1. The molecule has 0 fully saturated rings. The summed E-state index contributed by atoms with van der Waals surface area (Å²) < 4.78 is 26.2. The maximum Gasteiger partial charge on any atom is 0.212 e. The van der Waals surface area contributed by atoms with E-state index < -0.39 is 10.0 Å². The molecule has 1 atom stereocenters. The molecule has 96 valence electrons. The summed E-state index contributed by atoms with van der Waals surface area (Å²) in [5, 5.41) is 0. The molecule has 0 aliphatic heterocycles. The van der Waals surface area contributed by atoms with E-state index in [4.69, 9.17) is 5.73 Å². The molecule has 1 unspecified atom stereocenters. The van der Waals surface area contributed by atoms with Crippen molar-refractivity contribution in [3.05, 3.63) is 29.8 Å². The zero-order valence-electron chi connectivity index (χ0n) is 10.5. The Morgan fingerprint density at radius 2 is 1.71 bits per heavy atom. The van der Waals surface area contributed by atoms with Gasteiger partial charge >= 0.3 is 0 Å². The van der Waals surface area contributed by atoms with Gasteiger partial charge in [0.1, 0.15) is 0 Å². The summed E-state index contributed by atoms with van der Waals surface area (Å²) in [6, 6.07) is 6.96. The summed E-state index contributed by atoms with van der Waals surface area (Å²) in [4.78, 5) is 0. The first-order chi connectivity index (χ1) is 7.80. The van der Waals surface area contributed by atoms with Gasteiger partial charge in [-0.1, -0.05) is 26.0 Å². The molecule has 0 aliphatic carbocycles. The van der Waals surface area contributed by atoms with E-state index in [1.54, 1.807) is 12.1 Å². The second kappa shape index (κ2) is 5.51. The van der Waals surface area contributed by atoms with E-state index in [-0.39, 0.29) is 17.7 Å². The second-order valence-electron chi connectivity index (χ2n) is 4.68. The van der Waals surface area contributed by atoms with E-state index in [2.05, 4.69) is 4.72 Å². The third-order valence-corrected chi connectivity index (χ3v) is 4.16. The summed E-state index contributed by atoms with van der Waals surface area (Å²) in [5.74, 6) is 0.262. The maximum absolute atomic E-state index is 11.8. The van der Waals surface area contributed by atoms with Crippen LogP contribution in [0.3, 0.4) is 0 Å². The van der Waals surface area contributed by atoms with Crippen LogP contribution in [0.5, 0.6) is 0 Å². The van der Waals surface area contributed by atoms with Crippen LogP contribution in [0.2, 0.25) is 0 Å². The van der Waals surface area contributed by atoms with Gasteiger partial charge in [0.2, 0.25) is 10.0 Å². The first-order valence-electron chi connectivity index (χ1n) is 5.65. The Balaban J connectivity index is 2.72. The van der Waals surface area contributed by atoms with Crippen molar-refractivity contribution in [2.75, 3.05) is 11.5 Å². The fourth-order valence-electron chi connectivity index (χ4n) is 1.61. The van der Waals surface area contributed by atoms with Crippen LogP contribution < -0.4 is 10.5 Å². The molecule has 1 aromatic rings. The van der Waals surface area contributed by atoms with Crippen LogP contribution in [0.1, 0.15) is 32.4 Å². The molecule has 4 nitrogen and oxygen atoms in total. The highest BCUT2D eigenvalue weighted by Gasteiger charge is 2.16. The molecule has 1 rings (SSSR count). The molecule has 0 aliphatic rings. The number of hydrogen-bond donors (Lipinski definition) is 2. The van der Waals surface area contributed by atoms with Gasteiger partial charge < -0.3 is 5.73 Å². The van der Waals surface area contributed by atoms with Crippen LogP contribution in [0.4, 0.5) is 5.69 Å². The second-order valence-corrected chi connectivity index (χ2v) is 6.48.